The number of rotatable bonds is 7. The molecule has 149 valence electrons. The van der Waals surface area contributed by atoms with Crippen molar-refractivity contribution in [3.63, 3.8) is 0 Å². The molecule has 3 rings (SSSR count). The number of aromatic nitrogens is 1. The average molecular weight is 393 g/mol. The molecule has 0 saturated carbocycles. The Morgan fingerprint density at radius 1 is 1.10 bits per heavy atom. The minimum atomic E-state index is -0.947. The SMILES string of the molecule is COc1cc2c([CH]C(=O)c3cccc(OC(C)C)c3)cncc2cc1OC(N)=O. The number of methoxy groups -OCH3 is 1. The maximum atomic E-state index is 12.8. The highest BCUT2D eigenvalue weighted by molar-refractivity contribution is 6.07. The predicted molar refractivity (Wildman–Crippen MR) is 108 cm³/mol. The van der Waals surface area contributed by atoms with Crippen molar-refractivity contribution in [1.82, 2.24) is 4.98 Å². The molecule has 2 N–H and O–H groups in total. The van der Waals surface area contributed by atoms with Crippen LogP contribution < -0.4 is 19.9 Å². The number of hydrogen-bond donors (Lipinski definition) is 1. The summed E-state index contributed by atoms with van der Waals surface area (Å²) in [5.74, 6) is 0.934. The first kappa shape index (κ1) is 20.1. The number of hydrogen-bond acceptors (Lipinski definition) is 6. The molecule has 0 saturated heterocycles. The fourth-order valence-electron chi connectivity index (χ4n) is 2.88. The lowest BCUT2D eigenvalue weighted by Gasteiger charge is -2.12. The Morgan fingerprint density at radius 2 is 1.90 bits per heavy atom. The van der Waals surface area contributed by atoms with E-state index < -0.39 is 6.09 Å². The molecule has 29 heavy (non-hydrogen) atoms. The summed E-state index contributed by atoms with van der Waals surface area (Å²) in [5, 5.41) is 1.39. The van der Waals surface area contributed by atoms with Crippen LogP contribution in [0.3, 0.4) is 0 Å². The van der Waals surface area contributed by atoms with E-state index in [9.17, 15) is 9.59 Å². The third kappa shape index (κ3) is 4.82. The van der Waals surface area contributed by atoms with Gasteiger partial charge in [-0.05, 0) is 49.1 Å². The van der Waals surface area contributed by atoms with Crippen LogP contribution in [-0.2, 0) is 0 Å². The number of amides is 1. The van der Waals surface area contributed by atoms with E-state index in [4.69, 9.17) is 19.9 Å². The van der Waals surface area contributed by atoms with Crippen molar-refractivity contribution < 1.29 is 23.8 Å². The zero-order valence-electron chi connectivity index (χ0n) is 16.3. The van der Waals surface area contributed by atoms with Gasteiger partial charge in [-0.2, -0.15) is 0 Å². The number of Topliss-reactive ketones (excluding diaryl/α,β-unsaturated/α-hetero) is 1. The number of nitrogens with two attached hydrogens (primary N) is 1. The maximum Gasteiger partial charge on any atom is 0.410 e. The zero-order valence-corrected chi connectivity index (χ0v) is 16.3. The van der Waals surface area contributed by atoms with Crippen molar-refractivity contribution >= 4 is 22.6 Å². The third-order valence-electron chi connectivity index (χ3n) is 4.06. The standard InChI is InChI=1S/C22H21N2O5/c1-13(2)28-17-6-4-5-14(7-17)19(25)8-15-11-24-12-16-9-21(29-22(23)26)20(27-3)10-18(15)16/h4-13H,1-3H3,(H2,23,26). The molecular weight excluding hydrogens is 372 g/mol. The molecule has 0 fully saturated rings. The van der Waals surface area contributed by atoms with E-state index in [0.717, 1.165) is 5.39 Å². The van der Waals surface area contributed by atoms with E-state index in [1.807, 2.05) is 13.8 Å². The summed E-state index contributed by atoms with van der Waals surface area (Å²) in [6, 6.07) is 10.3. The van der Waals surface area contributed by atoms with Gasteiger partial charge in [0.1, 0.15) is 5.75 Å². The fourth-order valence-corrected chi connectivity index (χ4v) is 2.88. The van der Waals surface area contributed by atoms with Gasteiger partial charge in [0.15, 0.2) is 17.3 Å². The Bertz CT molecular complexity index is 1060. The molecule has 2 aromatic carbocycles. The molecule has 3 aromatic rings. The quantitative estimate of drug-likeness (QED) is 0.611. The second-order valence-electron chi connectivity index (χ2n) is 6.58. The highest BCUT2D eigenvalue weighted by Crippen LogP contribution is 2.34. The van der Waals surface area contributed by atoms with Crippen LogP contribution in [0.1, 0.15) is 29.8 Å². The highest BCUT2D eigenvalue weighted by Gasteiger charge is 2.15. The van der Waals surface area contributed by atoms with Crippen LogP contribution >= 0.6 is 0 Å². The molecule has 1 aromatic heterocycles. The van der Waals surface area contributed by atoms with Gasteiger partial charge >= 0.3 is 6.09 Å². The molecule has 0 aliphatic heterocycles. The van der Waals surface area contributed by atoms with Gasteiger partial charge in [0, 0.05) is 23.3 Å². The number of ketones is 1. The number of carbonyl (C=O) groups excluding carboxylic acids is 2. The van der Waals surface area contributed by atoms with Gasteiger partial charge in [0.05, 0.1) is 19.6 Å². The zero-order chi connectivity index (χ0) is 21.0. The van der Waals surface area contributed by atoms with Crippen molar-refractivity contribution in [3.8, 4) is 17.2 Å². The van der Waals surface area contributed by atoms with Gasteiger partial charge in [0.25, 0.3) is 0 Å². The van der Waals surface area contributed by atoms with E-state index in [0.29, 0.717) is 28.0 Å². The predicted octanol–water partition coefficient (Wildman–Crippen LogP) is 3.92. The number of fused-ring (bicyclic) bond motifs is 1. The number of benzene rings is 2. The van der Waals surface area contributed by atoms with Crippen molar-refractivity contribution in [2.24, 2.45) is 5.73 Å². The molecule has 7 heteroatoms. The average Bonchev–Trinajstić information content (AvgIpc) is 2.67. The van der Waals surface area contributed by atoms with E-state index in [1.54, 1.807) is 48.8 Å². The van der Waals surface area contributed by atoms with Crippen molar-refractivity contribution in [1.29, 1.82) is 0 Å². The minimum absolute atomic E-state index is 0.0101. The van der Waals surface area contributed by atoms with Gasteiger partial charge in [-0.3, -0.25) is 9.78 Å². The summed E-state index contributed by atoms with van der Waals surface area (Å²) in [7, 11) is 1.45. The van der Waals surface area contributed by atoms with Crippen LogP contribution in [0.2, 0.25) is 0 Å². The number of ether oxygens (including phenoxy) is 3. The molecular formula is C22H21N2O5. The van der Waals surface area contributed by atoms with Crippen molar-refractivity contribution in [2.75, 3.05) is 7.11 Å². The van der Waals surface area contributed by atoms with Crippen molar-refractivity contribution in [2.45, 2.75) is 20.0 Å². The summed E-state index contributed by atoms with van der Waals surface area (Å²) in [5.41, 5.74) is 6.21. The molecule has 0 unspecified atom stereocenters. The smallest absolute Gasteiger partial charge is 0.410 e. The van der Waals surface area contributed by atoms with Crippen LogP contribution in [0.5, 0.6) is 17.2 Å². The normalized spacial score (nSPS) is 10.8. The van der Waals surface area contributed by atoms with Crippen LogP contribution in [0, 0.1) is 6.42 Å². The summed E-state index contributed by atoms with van der Waals surface area (Å²) >= 11 is 0. The molecule has 1 radical (unpaired) electrons. The van der Waals surface area contributed by atoms with Gasteiger partial charge in [0.2, 0.25) is 0 Å². The first-order valence-corrected chi connectivity index (χ1v) is 8.96. The van der Waals surface area contributed by atoms with E-state index >= 15 is 0 Å². The second-order valence-corrected chi connectivity index (χ2v) is 6.58. The lowest BCUT2D eigenvalue weighted by atomic mass is 9.99. The van der Waals surface area contributed by atoms with Crippen molar-refractivity contribution in [3.05, 3.63) is 66.3 Å². The number of pyridine rings is 1. The molecule has 0 aliphatic carbocycles. The van der Waals surface area contributed by atoms with Gasteiger partial charge < -0.3 is 19.9 Å². The van der Waals surface area contributed by atoms with Crippen LogP contribution in [0.4, 0.5) is 4.79 Å². The molecule has 7 nitrogen and oxygen atoms in total. The van der Waals surface area contributed by atoms with Gasteiger partial charge in [-0.25, -0.2) is 4.79 Å². The molecule has 0 spiro atoms. The molecule has 0 aliphatic rings. The summed E-state index contributed by atoms with van der Waals surface area (Å²) < 4.78 is 15.9. The maximum absolute atomic E-state index is 12.8. The Balaban J connectivity index is 1.94. The Labute approximate surface area is 168 Å². The Hall–Kier alpha value is -3.61. The van der Waals surface area contributed by atoms with Crippen LogP contribution in [0.15, 0.2) is 48.8 Å². The van der Waals surface area contributed by atoms with Crippen LogP contribution in [0.25, 0.3) is 10.8 Å². The van der Waals surface area contributed by atoms with E-state index in [-0.39, 0.29) is 17.6 Å². The summed E-state index contributed by atoms with van der Waals surface area (Å²) in [4.78, 5) is 28.1. The Kier molecular flexibility index (Phi) is 5.97. The molecule has 1 amide bonds. The minimum Gasteiger partial charge on any atom is -0.493 e. The number of primary amides is 1. The second kappa shape index (κ2) is 8.60. The molecule has 0 bridgehead atoms. The van der Waals surface area contributed by atoms with Gasteiger partial charge in [-0.1, -0.05) is 12.1 Å². The molecule has 0 atom stereocenters. The first-order chi connectivity index (χ1) is 13.9. The topological polar surface area (TPSA) is 101 Å². The Morgan fingerprint density at radius 3 is 2.59 bits per heavy atom. The first-order valence-electron chi connectivity index (χ1n) is 8.96. The van der Waals surface area contributed by atoms with Gasteiger partial charge in [-0.15, -0.1) is 0 Å². The number of carbonyl (C=O) groups is 2. The fraction of sp³-hybridized carbons (Fsp3) is 0.182. The highest BCUT2D eigenvalue weighted by atomic mass is 16.6. The number of nitrogens with zero attached hydrogens (tertiary/aromatic N) is 1. The van der Waals surface area contributed by atoms with E-state index in [2.05, 4.69) is 4.98 Å². The monoisotopic (exact) mass is 393 g/mol. The third-order valence-corrected chi connectivity index (χ3v) is 4.06. The summed E-state index contributed by atoms with van der Waals surface area (Å²) in [6.45, 7) is 3.85. The molecule has 1 heterocycles. The van der Waals surface area contributed by atoms with Crippen LogP contribution in [-0.4, -0.2) is 30.1 Å². The summed E-state index contributed by atoms with van der Waals surface area (Å²) in [6.07, 6.45) is 3.75. The van der Waals surface area contributed by atoms with E-state index in [1.165, 1.54) is 13.5 Å². The lowest BCUT2D eigenvalue weighted by Crippen LogP contribution is -2.16. The largest absolute Gasteiger partial charge is 0.493 e. The lowest BCUT2D eigenvalue weighted by molar-refractivity contribution is 0.103.